The van der Waals surface area contributed by atoms with Gasteiger partial charge in [-0.05, 0) is 6.92 Å². The van der Waals surface area contributed by atoms with Crippen LogP contribution in [0.15, 0.2) is 24.7 Å². The quantitative estimate of drug-likeness (QED) is 0.599. The highest BCUT2D eigenvalue weighted by Gasteiger charge is 2.41. The van der Waals surface area contributed by atoms with Crippen LogP contribution in [0, 0.1) is 11.8 Å². The molecule has 2 aliphatic rings. The monoisotopic (exact) mass is 194 g/mol. The first-order chi connectivity index (χ1) is 6.58. The van der Waals surface area contributed by atoms with Gasteiger partial charge in [0.1, 0.15) is 5.76 Å². The minimum atomic E-state index is -0.176. The number of hydrogen-bond acceptors (Lipinski definition) is 3. The number of ether oxygens (including phenoxy) is 2. The Labute approximate surface area is 83.4 Å². The Morgan fingerprint density at radius 2 is 2.07 bits per heavy atom. The van der Waals surface area contributed by atoms with Crippen molar-refractivity contribution in [1.29, 1.82) is 0 Å². The maximum atomic E-state index is 11.1. The van der Waals surface area contributed by atoms with Crippen LogP contribution in [-0.2, 0) is 14.3 Å². The number of carbonyl (C=O) groups is 1. The molecular formula is C11H14O3. The van der Waals surface area contributed by atoms with E-state index in [2.05, 4.69) is 13.2 Å². The van der Waals surface area contributed by atoms with E-state index in [0.29, 0.717) is 18.1 Å². The van der Waals surface area contributed by atoms with Crippen LogP contribution in [0.3, 0.4) is 0 Å². The number of hydrogen-bond donors (Lipinski definition) is 0. The lowest BCUT2D eigenvalue weighted by molar-refractivity contribution is -0.135. The Morgan fingerprint density at radius 3 is 2.50 bits per heavy atom. The van der Waals surface area contributed by atoms with E-state index in [1.54, 1.807) is 0 Å². The van der Waals surface area contributed by atoms with Gasteiger partial charge in [-0.3, -0.25) is 4.79 Å². The molecule has 0 aromatic rings. The lowest BCUT2D eigenvalue weighted by atomic mass is 9.85. The standard InChI is InChI=1S/C11H14O3/c1-6-4-9(7(2)13-6)10-5-11(12)14-8(10)3/h7,9-10H,1,3-5H2,2H3. The Morgan fingerprint density at radius 1 is 1.36 bits per heavy atom. The first kappa shape index (κ1) is 9.31. The van der Waals surface area contributed by atoms with E-state index in [9.17, 15) is 4.79 Å². The van der Waals surface area contributed by atoms with Crippen LogP contribution in [0.25, 0.3) is 0 Å². The lowest BCUT2D eigenvalue weighted by Gasteiger charge is -2.18. The second-order valence-electron chi connectivity index (χ2n) is 3.98. The number of esters is 1. The van der Waals surface area contributed by atoms with Crippen molar-refractivity contribution >= 4 is 5.97 Å². The Bertz CT molecular complexity index is 306. The van der Waals surface area contributed by atoms with Gasteiger partial charge in [0.05, 0.1) is 18.3 Å². The van der Waals surface area contributed by atoms with Gasteiger partial charge in [-0.25, -0.2) is 0 Å². The van der Waals surface area contributed by atoms with E-state index in [1.807, 2.05) is 6.92 Å². The summed E-state index contributed by atoms with van der Waals surface area (Å²) in [7, 11) is 0. The summed E-state index contributed by atoms with van der Waals surface area (Å²) in [6, 6.07) is 0. The molecule has 0 saturated carbocycles. The molecule has 2 heterocycles. The number of carbonyl (C=O) groups excluding carboxylic acids is 1. The fraction of sp³-hybridized carbons (Fsp3) is 0.545. The molecule has 0 spiro atoms. The Kier molecular flexibility index (Phi) is 2.10. The molecule has 0 radical (unpaired) electrons. The van der Waals surface area contributed by atoms with Crippen LogP contribution >= 0.6 is 0 Å². The van der Waals surface area contributed by atoms with Gasteiger partial charge in [0.2, 0.25) is 0 Å². The van der Waals surface area contributed by atoms with Gasteiger partial charge in [-0.15, -0.1) is 0 Å². The summed E-state index contributed by atoms with van der Waals surface area (Å²) >= 11 is 0. The van der Waals surface area contributed by atoms with Crippen molar-refractivity contribution in [3.05, 3.63) is 24.7 Å². The molecule has 0 N–H and O–H groups in total. The number of rotatable bonds is 1. The predicted octanol–water partition coefficient (Wildman–Crippen LogP) is 2.00. The third kappa shape index (κ3) is 1.43. The molecule has 2 rings (SSSR count). The van der Waals surface area contributed by atoms with Crippen LogP contribution in [-0.4, -0.2) is 12.1 Å². The third-order valence-corrected chi connectivity index (χ3v) is 2.98. The van der Waals surface area contributed by atoms with Gasteiger partial charge in [0, 0.05) is 18.3 Å². The summed E-state index contributed by atoms with van der Waals surface area (Å²) in [5.41, 5.74) is 0. The van der Waals surface area contributed by atoms with Crippen molar-refractivity contribution in [2.75, 3.05) is 0 Å². The van der Waals surface area contributed by atoms with E-state index < -0.39 is 0 Å². The highest BCUT2D eigenvalue weighted by Crippen LogP contribution is 2.41. The van der Waals surface area contributed by atoms with Crippen molar-refractivity contribution in [2.45, 2.75) is 25.9 Å². The van der Waals surface area contributed by atoms with E-state index in [0.717, 1.165) is 12.2 Å². The minimum Gasteiger partial charge on any atom is -0.495 e. The van der Waals surface area contributed by atoms with Gasteiger partial charge in [0.25, 0.3) is 0 Å². The molecule has 3 nitrogen and oxygen atoms in total. The SMILES string of the molecule is C=C1CC(C2CC(=O)OC2=C)C(C)O1. The van der Waals surface area contributed by atoms with Crippen LogP contribution in [0.2, 0.25) is 0 Å². The summed E-state index contributed by atoms with van der Waals surface area (Å²) in [4.78, 5) is 11.1. The van der Waals surface area contributed by atoms with Gasteiger partial charge >= 0.3 is 5.97 Å². The number of cyclic esters (lactones) is 1. The topological polar surface area (TPSA) is 35.5 Å². The van der Waals surface area contributed by atoms with Crippen LogP contribution in [0.5, 0.6) is 0 Å². The van der Waals surface area contributed by atoms with Crippen LogP contribution in [0.1, 0.15) is 19.8 Å². The van der Waals surface area contributed by atoms with Gasteiger partial charge < -0.3 is 9.47 Å². The molecule has 76 valence electrons. The van der Waals surface area contributed by atoms with E-state index in [-0.39, 0.29) is 18.0 Å². The summed E-state index contributed by atoms with van der Waals surface area (Å²) in [5, 5.41) is 0. The molecule has 0 aromatic heterocycles. The van der Waals surface area contributed by atoms with Crippen molar-refractivity contribution in [1.82, 2.24) is 0 Å². The first-order valence-corrected chi connectivity index (χ1v) is 4.82. The van der Waals surface area contributed by atoms with Crippen LogP contribution < -0.4 is 0 Å². The smallest absolute Gasteiger partial charge is 0.311 e. The second-order valence-corrected chi connectivity index (χ2v) is 3.98. The zero-order valence-corrected chi connectivity index (χ0v) is 8.29. The molecule has 0 aromatic carbocycles. The van der Waals surface area contributed by atoms with Crippen molar-refractivity contribution in [3.8, 4) is 0 Å². The van der Waals surface area contributed by atoms with Crippen molar-refractivity contribution < 1.29 is 14.3 Å². The normalized spacial score (nSPS) is 37.2. The average molecular weight is 194 g/mol. The lowest BCUT2D eigenvalue weighted by Crippen LogP contribution is -2.20. The van der Waals surface area contributed by atoms with Gasteiger partial charge in [0.15, 0.2) is 0 Å². The molecule has 3 heteroatoms. The molecular weight excluding hydrogens is 180 g/mol. The summed E-state index contributed by atoms with van der Waals surface area (Å²) in [5.74, 6) is 1.61. The largest absolute Gasteiger partial charge is 0.495 e. The Hall–Kier alpha value is -1.25. The fourth-order valence-electron chi connectivity index (χ4n) is 2.24. The minimum absolute atomic E-state index is 0.108. The molecule has 2 aliphatic heterocycles. The van der Waals surface area contributed by atoms with Gasteiger partial charge in [-0.1, -0.05) is 13.2 Å². The fourth-order valence-corrected chi connectivity index (χ4v) is 2.24. The molecule has 3 atom stereocenters. The zero-order chi connectivity index (χ0) is 10.3. The second kappa shape index (κ2) is 3.15. The molecule has 0 aliphatic carbocycles. The van der Waals surface area contributed by atoms with E-state index in [1.165, 1.54) is 0 Å². The summed E-state index contributed by atoms with van der Waals surface area (Å²) < 4.78 is 10.4. The Balaban J connectivity index is 2.12. The highest BCUT2D eigenvalue weighted by atomic mass is 16.5. The molecule has 2 saturated heterocycles. The van der Waals surface area contributed by atoms with E-state index >= 15 is 0 Å². The predicted molar refractivity (Wildman–Crippen MR) is 51.1 cm³/mol. The highest BCUT2D eigenvalue weighted by molar-refractivity contribution is 5.74. The summed E-state index contributed by atoms with van der Waals surface area (Å²) in [6.45, 7) is 9.55. The zero-order valence-electron chi connectivity index (χ0n) is 8.29. The summed E-state index contributed by atoms with van der Waals surface area (Å²) in [6.07, 6.45) is 1.35. The molecule has 0 amide bonds. The van der Waals surface area contributed by atoms with Crippen molar-refractivity contribution in [3.63, 3.8) is 0 Å². The van der Waals surface area contributed by atoms with Crippen molar-refractivity contribution in [2.24, 2.45) is 11.8 Å². The number of allylic oxidation sites excluding steroid dienone is 2. The molecule has 3 unspecified atom stereocenters. The average Bonchev–Trinajstić information content (AvgIpc) is 2.55. The molecule has 2 fully saturated rings. The van der Waals surface area contributed by atoms with Gasteiger partial charge in [-0.2, -0.15) is 0 Å². The van der Waals surface area contributed by atoms with Crippen LogP contribution in [0.4, 0.5) is 0 Å². The van der Waals surface area contributed by atoms with E-state index in [4.69, 9.17) is 9.47 Å². The molecule has 0 bridgehead atoms. The molecule has 14 heavy (non-hydrogen) atoms. The third-order valence-electron chi connectivity index (χ3n) is 2.98. The maximum Gasteiger partial charge on any atom is 0.311 e. The maximum absolute atomic E-state index is 11.1. The first-order valence-electron chi connectivity index (χ1n) is 4.82.